The van der Waals surface area contributed by atoms with E-state index in [0.29, 0.717) is 16.6 Å². The van der Waals surface area contributed by atoms with Crippen LogP contribution in [0.3, 0.4) is 0 Å². The molecule has 26 heavy (non-hydrogen) atoms. The Morgan fingerprint density at radius 1 is 1.27 bits per heavy atom. The molecule has 5 nitrogen and oxygen atoms in total. The van der Waals surface area contributed by atoms with Gasteiger partial charge in [-0.25, -0.2) is 0 Å². The standard InChI is InChI=1S/C17H15N3O2.C2H6.CH3.Y/c1-4-9-20-13-10-19(3)18-15(13)16(21)14(17(20)22)12-8-6-5-7-11(12)2;1-2;;/h1,5-8,10,21H,9H2,2-3H3;1-2H3;1H3;/q;;-1;. The number of rotatable bonds is 2. The maximum Gasteiger partial charge on any atom is 0.263 e. The van der Waals surface area contributed by atoms with E-state index in [9.17, 15) is 9.90 Å². The van der Waals surface area contributed by atoms with E-state index in [2.05, 4.69) is 11.0 Å². The molecule has 0 aliphatic heterocycles. The molecule has 2 heterocycles. The molecule has 0 unspecified atom stereocenters. The number of aromatic hydroxyl groups is 1. The molecule has 0 aliphatic carbocycles. The number of hydrogen-bond acceptors (Lipinski definition) is 3. The Kier molecular flexibility index (Phi) is 9.55. The monoisotopic (exact) mass is 427 g/mol. The largest absolute Gasteiger partial charge is 0.505 e. The van der Waals surface area contributed by atoms with Crippen LogP contribution < -0.4 is 5.56 Å². The van der Waals surface area contributed by atoms with E-state index in [1.54, 1.807) is 24.0 Å². The molecule has 0 atom stereocenters. The molecule has 3 rings (SSSR count). The Balaban J connectivity index is 0.00000151. The normalized spacial score (nSPS) is 9.35. The van der Waals surface area contributed by atoms with Gasteiger partial charge < -0.3 is 12.5 Å². The Bertz CT molecular complexity index is 981. The van der Waals surface area contributed by atoms with Crippen LogP contribution in [0.4, 0.5) is 0 Å². The first-order valence-corrected chi connectivity index (χ1v) is 7.83. The number of fused-ring (bicyclic) bond motifs is 1. The van der Waals surface area contributed by atoms with Gasteiger partial charge in [-0.2, -0.15) is 5.10 Å². The van der Waals surface area contributed by atoms with Gasteiger partial charge in [-0.05, 0) is 18.1 Å². The third-order valence-corrected chi connectivity index (χ3v) is 3.68. The van der Waals surface area contributed by atoms with Gasteiger partial charge in [0.05, 0.1) is 17.6 Å². The summed E-state index contributed by atoms with van der Waals surface area (Å²) in [5.74, 6) is 2.38. The van der Waals surface area contributed by atoms with Crippen LogP contribution >= 0.6 is 0 Å². The van der Waals surface area contributed by atoms with Gasteiger partial charge in [0, 0.05) is 46.0 Å². The number of terminal acetylenes is 1. The summed E-state index contributed by atoms with van der Waals surface area (Å²) in [6.45, 7) is 6.02. The van der Waals surface area contributed by atoms with E-state index in [0.717, 1.165) is 5.56 Å². The molecule has 0 saturated heterocycles. The van der Waals surface area contributed by atoms with Crippen molar-refractivity contribution in [3.8, 4) is 29.2 Å². The van der Waals surface area contributed by atoms with E-state index in [1.165, 1.54) is 4.57 Å². The average molecular weight is 427 g/mol. The van der Waals surface area contributed by atoms with Crippen LogP contribution in [0.5, 0.6) is 5.75 Å². The van der Waals surface area contributed by atoms with Gasteiger partial charge in [0.25, 0.3) is 5.56 Å². The molecular weight excluding hydrogens is 403 g/mol. The average Bonchev–Trinajstić information content (AvgIpc) is 2.97. The molecule has 3 aromatic rings. The molecule has 1 aromatic carbocycles. The summed E-state index contributed by atoms with van der Waals surface area (Å²) in [4.78, 5) is 12.8. The zero-order chi connectivity index (χ0) is 17.9. The zero-order valence-electron chi connectivity index (χ0n) is 15.9. The summed E-state index contributed by atoms with van der Waals surface area (Å²) < 4.78 is 3.02. The maximum atomic E-state index is 12.8. The first-order chi connectivity index (χ1) is 11.5. The van der Waals surface area contributed by atoms with Crippen molar-refractivity contribution in [3.63, 3.8) is 0 Å². The molecule has 1 N–H and O–H groups in total. The van der Waals surface area contributed by atoms with Crippen LogP contribution in [0.1, 0.15) is 19.4 Å². The number of nitrogens with zero attached hydrogens (tertiary/aromatic N) is 3. The van der Waals surface area contributed by atoms with Gasteiger partial charge in [0.1, 0.15) is 0 Å². The van der Waals surface area contributed by atoms with Crippen molar-refractivity contribution in [2.45, 2.75) is 27.3 Å². The second-order valence-electron chi connectivity index (χ2n) is 5.17. The zero-order valence-corrected chi connectivity index (χ0v) is 18.8. The number of aryl methyl sites for hydroxylation is 2. The first kappa shape index (κ1) is 24.1. The second-order valence-corrected chi connectivity index (χ2v) is 5.17. The molecule has 0 amide bonds. The Hall–Kier alpha value is -1.90. The van der Waals surface area contributed by atoms with Gasteiger partial charge in [-0.15, -0.1) is 6.42 Å². The Morgan fingerprint density at radius 2 is 1.88 bits per heavy atom. The topological polar surface area (TPSA) is 60.1 Å². The van der Waals surface area contributed by atoms with Gasteiger partial charge >= 0.3 is 0 Å². The van der Waals surface area contributed by atoms with Crippen molar-refractivity contribution < 1.29 is 37.8 Å². The molecule has 0 fully saturated rings. The van der Waals surface area contributed by atoms with Crippen LogP contribution in [-0.2, 0) is 46.3 Å². The molecule has 0 bridgehead atoms. The minimum absolute atomic E-state index is 0. The van der Waals surface area contributed by atoms with Crippen LogP contribution in [0.15, 0.2) is 35.3 Å². The summed E-state index contributed by atoms with van der Waals surface area (Å²) in [5, 5.41) is 14.8. The first-order valence-electron chi connectivity index (χ1n) is 7.83. The van der Waals surface area contributed by atoms with Crippen LogP contribution in [0.25, 0.3) is 22.2 Å². The minimum atomic E-state index is -0.315. The van der Waals surface area contributed by atoms with E-state index in [1.807, 2.05) is 39.0 Å². The van der Waals surface area contributed by atoms with Crippen LogP contribution in [0, 0.1) is 26.7 Å². The third kappa shape index (κ3) is 4.25. The second kappa shape index (κ2) is 10.3. The fourth-order valence-corrected chi connectivity index (χ4v) is 2.65. The summed E-state index contributed by atoms with van der Waals surface area (Å²) in [6.07, 6.45) is 7.06. The molecule has 0 saturated carbocycles. The quantitative estimate of drug-likeness (QED) is 0.503. The fraction of sp³-hybridized carbons (Fsp3) is 0.250. The maximum absolute atomic E-state index is 12.8. The SMILES string of the molecule is C#CCn1c(=O)c(-c2ccccc2C)c(O)c2nn(C)cc21.CC.[CH3-].[Y]. The van der Waals surface area contributed by atoms with Gasteiger partial charge in [0.2, 0.25) is 0 Å². The summed E-state index contributed by atoms with van der Waals surface area (Å²) in [7, 11) is 1.73. The number of hydrogen-bond donors (Lipinski definition) is 1. The molecular formula is C20H24N3O2Y-. The van der Waals surface area contributed by atoms with Crippen LogP contribution in [-0.4, -0.2) is 19.5 Å². The Labute approximate surface area is 179 Å². The fourth-order valence-electron chi connectivity index (χ4n) is 2.65. The molecule has 0 spiro atoms. The summed E-state index contributed by atoms with van der Waals surface area (Å²) in [5.41, 5.74) is 2.40. The van der Waals surface area contributed by atoms with Crippen molar-refractivity contribution in [2.75, 3.05) is 0 Å². The smallest absolute Gasteiger partial charge is 0.263 e. The van der Waals surface area contributed by atoms with E-state index < -0.39 is 0 Å². The Morgan fingerprint density at radius 3 is 2.46 bits per heavy atom. The molecule has 0 aliphatic rings. The molecule has 2 aromatic heterocycles. The van der Waals surface area contributed by atoms with Crippen molar-refractivity contribution >= 4 is 11.0 Å². The van der Waals surface area contributed by atoms with Crippen molar-refractivity contribution in [1.29, 1.82) is 0 Å². The molecule has 135 valence electrons. The van der Waals surface area contributed by atoms with Gasteiger partial charge in [0.15, 0.2) is 11.3 Å². The minimum Gasteiger partial charge on any atom is -0.505 e. The van der Waals surface area contributed by atoms with Crippen molar-refractivity contribution in [3.05, 3.63) is 53.8 Å². The van der Waals surface area contributed by atoms with Crippen molar-refractivity contribution in [1.82, 2.24) is 14.3 Å². The number of pyridine rings is 1. The summed E-state index contributed by atoms with van der Waals surface area (Å²) >= 11 is 0. The molecule has 1 radical (unpaired) electrons. The van der Waals surface area contributed by atoms with Crippen LogP contribution in [0.2, 0.25) is 0 Å². The number of benzene rings is 1. The predicted octanol–water partition coefficient (Wildman–Crippen LogP) is 3.52. The van der Waals surface area contributed by atoms with E-state index >= 15 is 0 Å². The molecule has 6 heteroatoms. The predicted molar refractivity (Wildman–Crippen MR) is 103 cm³/mol. The van der Waals surface area contributed by atoms with E-state index in [-0.39, 0.29) is 63.6 Å². The van der Waals surface area contributed by atoms with Crippen molar-refractivity contribution in [2.24, 2.45) is 7.05 Å². The summed E-state index contributed by atoms with van der Waals surface area (Å²) in [6, 6.07) is 7.41. The third-order valence-electron chi connectivity index (χ3n) is 3.68. The van der Waals surface area contributed by atoms with Gasteiger partial charge in [-0.1, -0.05) is 44.0 Å². The van der Waals surface area contributed by atoms with Gasteiger partial charge in [-0.3, -0.25) is 14.0 Å². The van der Waals surface area contributed by atoms with E-state index in [4.69, 9.17) is 6.42 Å². The number of aromatic nitrogens is 3.